The third-order valence-corrected chi connectivity index (χ3v) is 10.6. The van der Waals surface area contributed by atoms with Gasteiger partial charge in [-0.3, -0.25) is 9.59 Å². The fraction of sp³-hybridized carbons (Fsp3) is 0.800. The molecule has 2 rings (SSSR count). The summed E-state index contributed by atoms with van der Waals surface area (Å²) in [5, 5.41) is 46.1. The molecule has 10 nitrogen and oxygen atoms in total. The third-order valence-electron chi connectivity index (χ3n) is 10.6. The Bertz CT molecular complexity index is 1090. The van der Waals surface area contributed by atoms with Gasteiger partial charge in [-0.25, -0.2) is 0 Å². The van der Waals surface area contributed by atoms with Crippen LogP contribution in [0.1, 0.15) is 126 Å². The van der Waals surface area contributed by atoms with E-state index in [-0.39, 0.29) is 42.9 Å². The number of allylic oxidation sites excluding steroid dienone is 3. The van der Waals surface area contributed by atoms with Gasteiger partial charge < -0.3 is 40.5 Å². The lowest BCUT2D eigenvalue weighted by molar-refractivity contribution is -0.324. The number of aliphatic hydroxyl groups is 4. The fourth-order valence-corrected chi connectivity index (χ4v) is 6.76. The molecule has 11 atom stereocenters. The summed E-state index contributed by atoms with van der Waals surface area (Å²) in [5.74, 6) is -1.26. The van der Waals surface area contributed by atoms with Crippen molar-refractivity contribution in [2.75, 3.05) is 13.1 Å². The predicted octanol–water partition coefficient (Wildman–Crippen LogP) is 5.48. The Morgan fingerprint density at radius 1 is 0.940 bits per heavy atom. The summed E-state index contributed by atoms with van der Waals surface area (Å²) in [5.41, 5.74) is 1.01. The van der Waals surface area contributed by atoms with Crippen LogP contribution in [0.25, 0.3) is 0 Å². The van der Waals surface area contributed by atoms with Crippen molar-refractivity contribution in [2.24, 2.45) is 23.7 Å². The van der Waals surface area contributed by atoms with Crippen molar-refractivity contribution >= 4 is 11.8 Å². The molecule has 6 N–H and O–H groups in total. The maximum absolute atomic E-state index is 12.8. The molecule has 0 aromatic rings. The highest BCUT2D eigenvalue weighted by molar-refractivity contribution is 5.79. The largest absolute Gasteiger partial charge is 0.392 e. The predicted molar refractivity (Wildman–Crippen MR) is 198 cm³/mol. The number of nitrogens with one attached hydrogen (secondary N) is 2. The van der Waals surface area contributed by atoms with Crippen LogP contribution in [0.3, 0.4) is 0 Å². The molecule has 2 fully saturated rings. The summed E-state index contributed by atoms with van der Waals surface area (Å²) in [6.07, 6.45) is 16.3. The van der Waals surface area contributed by atoms with E-state index in [1.807, 2.05) is 32.9 Å². The second-order valence-electron chi connectivity index (χ2n) is 15.2. The van der Waals surface area contributed by atoms with Gasteiger partial charge in [-0.2, -0.15) is 0 Å². The topological polar surface area (TPSA) is 158 Å². The lowest BCUT2D eigenvalue weighted by Crippen LogP contribution is -2.50. The van der Waals surface area contributed by atoms with Gasteiger partial charge in [-0.05, 0) is 102 Å². The van der Waals surface area contributed by atoms with Gasteiger partial charge in [-0.1, -0.05) is 58.1 Å². The average molecular weight is 707 g/mol. The number of aliphatic hydroxyl groups excluding tert-OH is 4. The highest BCUT2D eigenvalue weighted by Gasteiger charge is 2.44. The SMILES string of the molecule is C/C=C/C(O)C/C=C/CC(C)C(O)CC(=O)NCC(O)C(C)C(=O)NCCCC1OC2(CCCC(CCC(C)/C=C(\C)C(C)O)O2)CCC1C. The zero-order chi connectivity index (χ0) is 37.3. The summed E-state index contributed by atoms with van der Waals surface area (Å²) >= 11 is 0. The van der Waals surface area contributed by atoms with Gasteiger partial charge in [0.2, 0.25) is 11.8 Å². The molecular weight excluding hydrogens is 636 g/mol. The van der Waals surface area contributed by atoms with Crippen LogP contribution < -0.4 is 10.6 Å². The Hall–Kier alpha value is -2.08. The van der Waals surface area contributed by atoms with E-state index in [0.717, 1.165) is 63.4 Å². The van der Waals surface area contributed by atoms with E-state index in [0.29, 0.717) is 31.2 Å². The zero-order valence-corrected chi connectivity index (χ0v) is 32.0. The van der Waals surface area contributed by atoms with Crippen LogP contribution in [-0.2, 0) is 19.1 Å². The fourth-order valence-electron chi connectivity index (χ4n) is 6.76. The minimum absolute atomic E-state index is 0.0541. The minimum Gasteiger partial charge on any atom is -0.392 e. The van der Waals surface area contributed by atoms with Crippen molar-refractivity contribution < 1.29 is 39.5 Å². The van der Waals surface area contributed by atoms with E-state index in [9.17, 15) is 30.0 Å². The number of amides is 2. The molecular formula is C40H70N2O8. The molecule has 0 radical (unpaired) electrons. The lowest BCUT2D eigenvalue weighted by atomic mass is 9.85. The van der Waals surface area contributed by atoms with Gasteiger partial charge in [0.15, 0.2) is 5.79 Å². The summed E-state index contributed by atoms with van der Waals surface area (Å²) in [6.45, 7) is 13.9. The molecule has 11 unspecified atom stereocenters. The Morgan fingerprint density at radius 3 is 2.36 bits per heavy atom. The third kappa shape index (κ3) is 16.1. The first-order valence-corrected chi connectivity index (χ1v) is 19.2. The van der Waals surface area contributed by atoms with Crippen LogP contribution in [0.2, 0.25) is 0 Å². The quantitative estimate of drug-likeness (QED) is 0.0677. The summed E-state index contributed by atoms with van der Waals surface area (Å²) < 4.78 is 13.4. The first-order valence-electron chi connectivity index (χ1n) is 19.2. The number of carbonyl (C=O) groups excluding carboxylic acids is 2. The minimum atomic E-state index is -1.06. The van der Waals surface area contributed by atoms with E-state index in [4.69, 9.17) is 9.47 Å². The van der Waals surface area contributed by atoms with Crippen molar-refractivity contribution in [3.8, 4) is 0 Å². The maximum atomic E-state index is 12.8. The summed E-state index contributed by atoms with van der Waals surface area (Å²) in [7, 11) is 0. The maximum Gasteiger partial charge on any atom is 0.225 e. The molecule has 2 amide bonds. The van der Waals surface area contributed by atoms with Crippen LogP contribution in [0.4, 0.5) is 0 Å². The molecule has 50 heavy (non-hydrogen) atoms. The van der Waals surface area contributed by atoms with Gasteiger partial charge in [-0.15, -0.1) is 0 Å². The van der Waals surface area contributed by atoms with Crippen LogP contribution in [0.5, 0.6) is 0 Å². The molecule has 0 aliphatic carbocycles. The summed E-state index contributed by atoms with van der Waals surface area (Å²) in [4.78, 5) is 25.2. The van der Waals surface area contributed by atoms with Crippen LogP contribution in [0.15, 0.2) is 36.0 Å². The normalized spacial score (nSPS) is 27.5. The molecule has 0 saturated carbocycles. The highest BCUT2D eigenvalue weighted by atomic mass is 16.7. The lowest BCUT2D eigenvalue weighted by Gasteiger charge is -2.48. The zero-order valence-electron chi connectivity index (χ0n) is 32.0. The van der Waals surface area contributed by atoms with Gasteiger partial charge in [0.1, 0.15) is 0 Å². The van der Waals surface area contributed by atoms with Crippen LogP contribution in [-0.4, -0.2) is 87.7 Å². The monoisotopic (exact) mass is 707 g/mol. The molecule has 288 valence electrons. The second kappa shape index (κ2) is 22.8. The molecule has 0 bridgehead atoms. The van der Waals surface area contributed by atoms with Crippen molar-refractivity contribution in [1.29, 1.82) is 0 Å². The average Bonchev–Trinajstić information content (AvgIpc) is 3.07. The number of hydrogen-bond donors (Lipinski definition) is 6. The number of rotatable bonds is 21. The Morgan fingerprint density at radius 2 is 1.66 bits per heavy atom. The van der Waals surface area contributed by atoms with Gasteiger partial charge >= 0.3 is 0 Å². The molecule has 1 spiro atoms. The smallest absolute Gasteiger partial charge is 0.225 e. The van der Waals surface area contributed by atoms with Crippen LogP contribution in [0, 0.1) is 23.7 Å². The Balaban J connectivity index is 1.70. The number of carbonyl (C=O) groups is 2. The Kier molecular flexibility index (Phi) is 20.1. The van der Waals surface area contributed by atoms with E-state index >= 15 is 0 Å². The molecule has 0 aromatic carbocycles. The van der Waals surface area contributed by atoms with E-state index in [1.165, 1.54) is 0 Å². The molecule has 2 heterocycles. The number of hydrogen-bond acceptors (Lipinski definition) is 8. The molecule has 2 aliphatic rings. The molecule has 2 aliphatic heterocycles. The summed E-state index contributed by atoms with van der Waals surface area (Å²) in [6, 6.07) is 0. The van der Waals surface area contributed by atoms with Gasteiger partial charge in [0, 0.05) is 25.9 Å². The highest BCUT2D eigenvalue weighted by Crippen LogP contribution is 2.43. The van der Waals surface area contributed by atoms with Crippen LogP contribution >= 0.6 is 0 Å². The standard InChI is InChI=1S/C40H70N2O8/c1-8-13-33(44)15-10-9-14-28(3)35(45)25-38(47)42-26-36(46)31(6)39(48)41-23-12-17-37-29(4)20-22-40(50-37)21-11-16-34(49-40)19-18-27(2)24-30(5)32(7)43/h8-10,13,24,27-29,31-37,43-46H,11-12,14-23,25-26H2,1-7H3,(H,41,48)(H,42,47)/b10-9+,13-8+,30-24+. The van der Waals surface area contributed by atoms with Crippen molar-refractivity contribution in [2.45, 2.75) is 168 Å². The van der Waals surface area contributed by atoms with Crippen molar-refractivity contribution in [1.82, 2.24) is 10.6 Å². The van der Waals surface area contributed by atoms with Crippen molar-refractivity contribution in [3.05, 3.63) is 36.0 Å². The van der Waals surface area contributed by atoms with E-state index < -0.39 is 36.1 Å². The molecule has 10 heteroatoms. The van der Waals surface area contributed by atoms with E-state index in [2.05, 4.69) is 30.6 Å². The van der Waals surface area contributed by atoms with Gasteiger partial charge in [0.05, 0.1) is 49.0 Å². The first-order chi connectivity index (χ1) is 23.7. The first kappa shape index (κ1) is 44.1. The van der Waals surface area contributed by atoms with E-state index in [1.54, 1.807) is 26.0 Å². The van der Waals surface area contributed by atoms with Crippen molar-refractivity contribution in [3.63, 3.8) is 0 Å². The molecule has 2 saturated heterocycles. The number of ether oxygens (including phenoxy) is 2. The Labute approximate surface area is 302 Å². The second-order valence-corrected chi connectivity index (χ2v) is 15.2. The molecule has 0 aromatic heterocycles. The van der Waals surface area contributed by atoms with Gasteiger partial charge in [0.25, 0.3) is 0 Å².